The number of para-hydroxylation sites is 1. The molecule has 8 bridgehead atoms. The maximum atomic E-state index is 6.63. The molecule has 49 heavy (non-hydrogen) atoms. The Labute approximate surface area is 283 Å². The molecule has 0 saturated heterocycles. The fraction of sp³-hybridized carbons (Fsp3) is 0. The van der Waals surface area contributed by atoms with Gasteiger partial charge in [0.2, 0.25) is 0 Å². The zero-order valence-electron chi connectivity index (χ0n) is 26.6. The summed E-state index contributed by atoms with van der Waals surface area (Å²) in [5, 5.41) is 0. The van der Waals surface area contributed by atoms with E-state index in [1.165, 1.54) is 0 Å². The van der Waals surface area contributed by atoms with Gasteiger partial charge in [-0.3, -0.25) is 0 Å². The van der Waals surface area contributed by atoms with Crippen molar-refractivity contribution in [2.75, 3.05) is 5.73 Å². The Morgan fingerprint density at radius 2 is 0.939 bits per heavy atom. The molecule has 0 amide bonds. The van der Waals surface area contributed by atoms with Crippen LogP contribution in [-0.4, -0.2) is 19.9 Å². The Bertz CT molecular complexity index is 2590. The Morgan fingerprint density at radius 3 is 1.55 bits per heavy atom. The van der Waals surface area contributed by atoms with Crippen LogP contribution in [0, 0.1) is 0 Å². The summed E-state index contributed by atoms with van der Waals surface area (Å²) in [4.78, 5) is 18.1. The predicted molar refractivity (Wildman–Crippen MR) is 205 cm³/mol. The Morgan fingerprint density at radius 1 is 0.429 bits per heavy atom. The second kappa shape index (κ2) is 11.8. The number of nitrogens with two attached hydrogens (primary N) is 1. The summed E-state index contributed by atoms with van der Waals surface area (Å²) in [6.45, 7) is 0. The number of anilines is 1. The van der Waals surface area contributed by atoms with Gasteiger partial charge in [-0.1, -0.05) is 109 Å². The fourth-order valence-electron chi connectivity index (χ4n) is 6.91. The lowest BCUT2D eigenvalue weighted by atomic mass is 9.98. The largest absolute Gasteiger partial charge is 0.398 e. The van der Waals surface area contributed by atoms with Crippen molar-refractivity contribution in [2.45, 2.75) is 0 Å². The van der Waals surface area contributed by atoms with Crippen LogP contribution in [0.3, 0.4) is 0 Å². The van der Waals surface area contributed by atoms with Gasteiger partial charge in [0.05, 0.1) is 28.3 Å². The lowest BCUT2D eigenvalue weighted by Gasteiger charge is -2.09. The molecule has 4 aromatic carbocycles. The standard InChI is InChI=1S/C44H31N5/c45-35-19-11-10-18-33(35)34-27-32-26-31-20-21-36(46-31)41(28-12-4-1-5-13-28)37-22-23-38(48-37)42(29-14-6-2-7-15-29)39-24-25-40(49-39)43(44(34)47-32)30-16-8-3-9-17-30/h1-27,47-48H,45H2. The van der Waals surface area contributed by atoms with E-state index in [1.54, 1.807) is 0 Å². The zero-order chi connectivity index (χ0) is 32.7. The first-order chi connectivity index (χ1) is 24.2. The van der Waals surface area contributed by atoms with Gasteiger partial charge >= 0.3 is 0 Å². The predicted octanol–water partition coefficient (Wildman–Crippen LogP) is 10.9. The average molecular weight is 630 g/mol. The number of nitrogens with zero attached hydrogens (tertiary/aromatic N) is 2. The quantitative estimate of drug-likeness (QED) is 0.169. The molecule has 0 spiro atoms. The van der Waals surface area contributed by atoms with E-state index < -0.39 is 0 Å². The van der Waals surface area contributed by atoms with E-state index in [1.807, 2.05) is 36.4 Å². The number of benzene rings is 4. The molecule has 2 aliphatic heterocycles. The van der Waals surface area contributed by atoms with Gasteiger partial charge in [0.25, 0.3) is 0 Å². The van der Waals surface area contributed by atoms with Crippen LogP contribution in [0.25, 0.3) is 90.9 Å². The second-order valence-corrected chi connectivity index (χ2v) is 12.2. The normalized spacial score (nSPS) is 12.0. The second-order valence-electron chi connectivity index (χ2n) is 12.2. The smallest absolute Gasteiger partial charge is 0.0737 e. The minimum Gasteiger partial charge on any atom is -0.398 e. The van der Waals surface area contributed by atoms with E-state index in [0.717, 1.165) is 89.4 Å². The van der Waals surface area contributed by atoms with E-state index in [0.29, 0.717) is 5.69 Å². The zero-order valence-corrected chi connectivity index (χ0v) is 26.6. The van der Waals surface area contributed by atoms with Crippen molar-refractivity contribution in [2.24, 2.45) is 0 Å². The number of nitrogens with one attached hydrogen (secondary N) is 2. The van der Waals surface area contributed by atoms with E-state index in [2.05, 4.69) is 137 Å². The molecule has 0 fully saturated rings. The van der Waals surface area contributed by atoms with Gasteiger partial charge in [-0.2, -0.15) is 0 Å². The average Bonchev–Trinajstić information content (AvgIpc) is 3.97. The van der Waals surface area contributed by atoms with E-state index in [-0.39, 0.29) is 0 Å². The van der Waals surface area contributed by atoms with Crippen LogP contribution in [0.2, 0.25) is 0 Å². The van der Waals surface area contributed by atoms with Crippen LogP contribution in [0.4, 0.5) is 5.69 Å². The maximum Gasteiger partial charge on any atom is 0.0737 e. The fourth-order valence-corrected chi connectivity index (χ4v) is 6.91. The minimum atomic E-state index is 0.710. The molecule has 232 valence electrons. The summed E-state index contributed by atoms with van der Waals surface area (Å²) in [7, 11) is 0. The van der Waals surface area contributed by atoms with Crippen molar-refractivity contribution in [3.63, 3.8) is 0 Å². The van der Waals surface area contributed by atoms with Crippen LogP contribution in [-0.2, 0) is 0 Å². The van der Waals surface area contributed by atoms with Crippen molar-refractivity contribution in [1.82, 2.24) is 19.9 Å². The van der Waals surface area contributed by atoms with Gasteiger partial charge in [0, 0.05) is 50.1 Å². The lowest BCUT2D eigenvalue weighted by Crippen LogP contribution is -1.91. The Hall–Kier alpha value is -6.72. The number of nitrogen functional groups attached to an aromatic ring is 1. The molecule has 3 aromatic heterocycles. The van der Waals surface area contributed by atoms with E-state index in [9.17, 15) is 0 Å². The highest BCUT2D eigenvalue weighted by molar-refractivity contribution is 6.03. The molecule has 2 aliphatic rings. The molecule has 5 heteroatoms. The molecule has 0 unspecified atom stereocenters. The van der Waals surface area contributed by atoms with Crippen LogP contribution < -0.4 is 5.73 Å². The molecule has 9 rings (SSSR count). The molecule has 0 aliphatic carbocycles. The first-order valence-corrected chi connectivity index (χ1v) is 16.4. The number of H-pyrrole nitrogens is 2. The third kappa shape index (κ3) is 5.14. The summed E-state index contributed by atoms with van der Waals surface area (Å²) in [5.41, 5.74) is 22.9. The van der Waals surface area contributed by atoms with Gasteiger partial charge in [-0.15, -0.1) is 0 Å². The summed E-state index contributed by atoms with van der Waals surface area (Å²) >= 11 is 0. The Balaban J connectivity index is 1.49. The van der Waals surface area contributed by atoms with Crippen molar-refractivity contribution < 1.29 is 0 Å². The summed E-state index contributed by atoms with van der Waals surface area (Å²) in [5.74, 6) is 0. The highest BCUT2D eigenvalue weighted by Gasteiger charge is 2.19. The van der Waals surface area contributed by atoms with Gasteiger partial charge in [0.1, 0.15) is 0 Å². The van der Waals surface area contributed by atoms with Crippen LogP contribution >= 0.6 is 0 Å². The van der Waals surface area contributed by atoms with E-state index >= 15 is 0 Å². The third-order valence-corrected chi connectivity index (χ3v) is 9.12. The molecule has 4 N–H and O–H groups in total. The van der Waals surface area contributed by atoms with Crippen LogP contribution in [0.5, 0.6) is 0 Å². The number of hydrogen-bond donors (Lipinski definition) is 3. The molecular weight excluding hydrogens is 599 g/mol. The van der Waals surface area contributed by atoms with Crippen molar-refractivity contribution in [1.29, 1.82) is 0 Å². The van der Waals surface area contributed by atoms with Gasteiger partial charge < -0.3 is 15.7 Å². The Kier molecular flexibility index (Phi) is 6.87. The monoisotopic (exact) mass is 629 g/mol. The SMILES string of the molecule is Nc1ccccc1-c1cc2cc3nc(c(-c4ccccc4)c4ccc([nH]4)c(-c4ccccc4)c4nc(c(-c5ccccc5)c1[nH]2)C=C4)C=C3. The number of rotatable bonds is 4. The van der Waals surface area contributed by atoms with Crippen molar-refractivity contribution in [3.8, 4) is 44.5 Å². The minimum absolute atomic E-state index is 0.710. The first kappa shape index (κ1) is 28.5. The number of aromatic nitrogens is 4. The maximum absolute atomic E-state index is 6.63. The number of fused-ring (bicyclic) bond motifs is 8. The summed E-state index contributed by atoms with van der Waals surface area (Å²) in [6, 6.07) is 47.9. The molecule has 0 atom stereocenters. The van der Waals surface area contributed by atoms with Crippen molar-refractivity contribution >= 4 is 52.1 Å². The van der Waals surface area contributed by atoms with Crippen LogP contribution in [0.15, 0.2) is 140 Å². The highest BCUT2D eigenvalue weighted by Crippen LogP contribution is 2.40. The highest BCUT2D eigenvalue weighted by atomic mass is 14.8. The topological polar surface area (TPSA) is 83.4 Å². The first-order valence-electron chi connectivity index (χ1n) is 16.4. The van der Waals surface area contributed by atoms with Gasteiger partial charge in [-0.05, 0) is 71.3 Å². The van der Waals surface area contributed by atoms with Gasteiger partial charge in [-0.25, -0.2) is 9.97 Å². The summed E-state index contributed by atoms with van der Waals surface area (Å²) < 4.78 is 0. The third-order valence-electron chi connectivity index (χ3n) is 9.12. The number of hydrogen-bond acceptors (Lipinski definition) is 3. The molecule has 0 radical (unpaired) electrons. The molecular formula is C44H31N5. The van der Waals surface area contributed by atoms with E-state index in [4.69, 9.17) is 15.7 Å². The van der Waals surface area contributed by atoms with Crippen LogP contribution in [0.1, 0.15) is 22.8 Å². The molecule has 0 saturated carbocycles. The van der Waals surface area contributed by atoms with Gasteiger partial charge in [0.15, 0.2) is 0 Å². The summed E-state index contributed by atoms with van der Waals surface area (Å²) in [6.07, 6.45) is 8.42. The number of aromatic amines is 2. The van der Waals surface area contributed by atoms with Crippen molar-refractivity contribution in [3.05, 3.63) is 162 Å². The lowest BCUT2D eigenvalue weighted by molar-refractivity contribution is 1.31. The molecule has 5 nitrogen and oxygen atoms in total. The molecule has 7 aromatic rings. The molecule has 5 heterocycles.